The normalized spacial score (nSPS) is 14.6. The number of hydrogen-bond donors (Lipinski definition) is 1. The van der Waals surface area contributed by atoms with E-state index >= 15 is 0 Å². The van der Waals surface area contributed by atoms with Crippen molar-refractivity contribution in [3.8, 4) is 0 Å². The number of benzene rings is 2. The molecule has 3 rings (SSSR count). The molecule has 0 aromatic heterocycles. The predicted octanol–water partition coefficient (Wildman–Crippen LogP) is 5.62. The van der Waals surface area contributed by atoms with Gasteiger partial charge in [-0.2, -0.15) is 0 Å². The summed E-state index contributed by atoms with van der Waals surface area (Å²) in [4.78, 5) is 2.10. The molecule has 0 spiro atoms. The minimum atomic E-state index is -0.193. The zero-order chi connectivity index (χ0) is 16.9. The maximum absolute atomic E-state index is 14.1. The highest BCUT2D eigenvalue weighted by Gasteiger charge is 2.25. The van der Waals surface area contributed by atoms with Gasteiger partial charge in [-0.3, -0.25) is 0 Å². The molecule has 24 heavy (non-hydrogen) atoms. The van der Waals surface area contributed by atoms with E-state index in [1.165, 1.54) is 18.9 Å². The molecule has 1 saturated carbocycles. The fraction of sp³-hybridized carbons (Fsp3) is 0.316. The number of thiocarbonyl (C=S) groups is 1. The molecule has 1 fully saturated rings. The van der Waals surface area contributed by atoms with Gasteiger partial charge in [-0.15, -0.1) is 0 Å². The lowest BCUT2D eigenvalue weighted by molar-refractivity contribution is 0.308. The van der Waals surface area contributed by atoms with E-state index < -0.39 is 0 Å². The first-order valence-electron chi connectivity index (χ1n) is 8.20. The highest BCUT2D eigenvalue weighted by molar-refractivity contribution is 7.80. The SMILES string of the molecule is Fc1ccccc1CN(C(=S)Nc1ccccc1Cl)C1CCCC1. The lowest BCUT2D eigenvalue weighted by Crippen LogP contribution is -2.41. The molecule has 0 heterocycles. The van der Waals surface area contributed by atoms with Crippen molar-refractivity contribution in [3.05, 3.63) is 64.9 Å². The number of anilines is 1. The Labute approximate surface area is 152 Å². The highest BCUT2D eigenvalue weighted by Crippen LogP contribution is 2.27. The van der Waals surface area contributed by atoms with Gasteiger partial charge in [-0.25, -0.2) is 4.39 Å². The Hall–Kier alpha value is -1.65. The van der Waals surface area contributed by atoms with E-state index in [0.717, 1.165) is 18.5 Å². The van der Waals surface area contributed by atoms with Gasteiger partial charge in [0, 0.05) is 18.2 Å². The van der Waals surface area contributed by atoms with Crippen LogP contribution in [0.4, 0.5) is 10.1 Å². The standard InChI is InChI=1S/C19H20ClFN2S/c20-16-10-4-6-12-18(16)22-19(24)23(15-8-2-3-9-15)13-14-7-1-5-11-17(14)21/h1,4-7,10-12,15H,2-3,8-9,13H2,(H,22,24). The van der Waals surface area contributed by atoms with Crippen LogP contribution in [-0.2, 0) is 6.54 Å². The van der Waals surface area contributed by atoms with Crippen molar-refractivity contribution in [1.82, 2.24) is 4.90 Å². The van der Waals surface area contributed by atoms with Crippen molar-refractivity contribution in [2.24, 2.45) is 0 Å². The Morgan fingerprint density at radius 1 is 1.12 bits per heavy atom. The molecule has 0 bridgehead atoms. The summed E-state index contributed by atoms with van der Waals surface area (Å²) in [6.07, 6.45) is 4.54. The first-order valence-corrected chi connectivity index (χ1v) is 8.99. The third kappa shape index (κ3) is 4.05. The molecule has 0 radical (unpaired) electrons. The Morgan fingerprint density at radius 2 is 1.79 bits per heavy atom. The van der Waals surface area contributed by atoms with Crippen molar-refractivity contribution in [2.45, 2.75) is 38.3 Å². The van der Waals surface area contributed by atoms with Gasteiger partial charge in [0.15, 0.2) is 5.11 Å². The molecule has 5 heteroatoms. The van der Waals surface area contributed by atoms with E-state index in [1.807, 2.05) is 36.4 Å². The largest absolute Gasteiger partial charge is 0.342 e. The van der Waals surface area contributed by atoms with Crippen LogP contribution in [0.2, 0.25) is 5.02 Å². The van der Waals surface area contributed by atoms with Crippen LogP contribution in [0.1, 0.15) is 31.2 Å². The fourth-order valence-electron chi connectivity index (χ4n) is 3.14. The van der Waals surface area contributed by atoms with Crippen molar-refractivity contribution in [2.75, 3.05) is 5.32 Å². The molecule has 0 saturated heterocycles. The van der Waals surface area contributed by atoms with Gasteiger partial charge in [0.05, 0.1) is 10.7 Å². The summed E-state index contributed by atoms with van der Waals surface area (Å²) in [5.74, 6) is -0.193. The quantitative estimate of drug-likeness (QED) is 0.710. The summed E-state index contributed by atoms with van der Waals surface area (Å²) >= 11 is 11.8. The van der Waals surface area contributed by atoms with Crippen molar-refractivity contribution < 1.29 is 4.39 Å². The van der Waals surface area contributed by atoms with Crippen LogP contribution in [0.5, 0.6) is 0 Å². The van der Waals surface area contributed by atoms with Crippen LogP contribution < -0.4 is 5.32 Å². The Morgan fingerprint density at radius 3 is 2.50 bits per heavy atom. The average molecular weight is 363 g/mol. The van der Waals surface area contributed by atoms with E-state index in [1.54, 1.807) is 6.07 Å². The summed E-state index contributed by atoms with van der Waals surface area (Å²) in [5, 5.41) is 4.45. The molecule has 2 aromatic carbocycles. The molecule has 0 aliphatic heterocycles. The van der Waals surface area contributed by atoms with E-state index in [9.17, 15) is 4.39 Å². The number of nitrogens with zero attached hydrogens (tertiary/aromatic N) is 1. The number of halogens is 2. The van der Waals surface area contributed by atoms with Crippen molar-refractivity contribution in [1.29, 1.82) is 0 Å². The third-order valence-electron chi connectivity index (χ3n) is 4.44. The lowest BCUT2D eigenvalue weighted by Gasteiger charge is -2.32. The van der Waals surface area contributed by atoms with Gasteiger partial charge < -0.3 is 10.2 Å². The van der Waals surface area contributed by atoms with Crippen molar-refractivity contribution >= 4 is 34.6 Å². The first-order chi connectivity index (χ1) is 11.6. The van der Waals surface area contributed by atoms with Crippen LogP contribution in [0, 0.1) is 5.82 Å². The second-order valence-electron chi connectivity index (χ2n) is 6.07. The summed E-state index contributed by atoms with van der Waals surface area (Å²) in [6.45, 7) is 0.466. The minimum absolute atomic E-state index is 0.193. The zero-order valence-electron chi connectivity index (χ0n) is 13.3. The Bertz CT molecular complexity index is 716. The predicted molar refractivity (Wildman–Crippen MR) is 102 cm³/mol. The van der Waals surface area contributed by atoms with Crippen LogP contribution in [0.3, 0.4) is 0 Å². The fourth-order valence-corrected chi connectivity index (χ4v) is 3.65. The molecule has 126 valence electrons. The van der Waals surface area contributed by atoms with Crippen LogP contribution in [0.25, 0.3) is 0 Å². The number of hydrogen-bond acceptors (Lipinski definition) is 1. The molecule has 0 unspecified atom stereocenters. The van der Waals surface area contributed by atoms with E-state index in [4.69, 9.17) is 23.8 Å². The summed E-state index contributed by atoms with van der Waals surface area (Å²) in [5.41, 5.74) is 1.44. The van der Waals surface area contributed by atoms with E-state index in [0.29, 0.717) is 28.3 Å². The Balaban J connectivity index is 1.80. The smallest absolute Gasteiger partial charge is 0.174 e. The van der Waals surface area contributed by atoms with Gasteiger partial charge in [0.2, 0.25) is 0 Å². The minimum Gasteiger partial charge on any atom is -0.342 e. The van der Waals surface area contributed by atoms with E-state index in [-0.39, 0.29) is 5.82 Å². The zero-order valence-corrected chi connectivity index (χ0v) is 14.9. The number of rotatable bonds is 4. The van der Waals surface area contributed by atoms with Crippen LogP contribution in [0.15, 0.2) is 48.5 Å². The lowest BCUT2D eigenvalue weighted by atomic mass is 10.1. The summed E-state index contributed by atoms with van der Waals surface area (Å²) in [7, 11) is 0. The molecular formula is C19H20ClFN2S. The van der Waals surface area contributed by atoms with Gasteiger partial charge in [-0.05, 0) is 43.3 Å². The topological polar surface area (TPSA) is 15.3 Å². The molecule has 0 atom stereocenters. The van der Waals surface area contributed by atoms with Crippen molar-refractivity contribution in [3.63, 3.8) is 0 Å². The second-order valence-corrected chi connectivity index (χ2v) is 6.86. The van der Waals surface area contributed by atoms with Gasteiger partial charge in [0.25, 0.3) is 0 Å². The molecule has 2 aromatic rings. The molecule has 2 nitrogen and oxygen atoms in total. The number of nitrogens with one attached hydrogen (secondary N) is 1. The summed E-state index contributed by atoms with van der Waals surface area (Å²) < 4.78 is 14.1. The second kappa shape index (κ2) is 7.95. The van der Waals surface area contributed by atoms with Crippen LogP contribution in [-0.4, -0.2) is 16.1 Å². The monoisotopic (exact) mass is 362 g/mol. The maximum atomic E-state index is 14.1. The van der Waals surface area contributed by atoms with Gasteiger partial charge >= 0.3 is 0 Å². The summed E-state index contributed by atoms with van der Waals surface area (Å²) in [6, 6.07) is 14.7. The maximum Gasteiger partial charge on any atom is 0.174 e. The number of para-hydroxylation sites is 1. The first kappa shape index (κ1) is 17.2. The highest BCUT2D eigenvalue weighted by atomic mass is 35.5. The van der Waals surface area contributed by atoms with Gasteiger partial charge in [0.1, 0.15) is 5.82 Å². The van der Waals surface area contributed by atoms with E-state index in [2.05, 4.69) is 10.2 Å². The molecule has 0 amide bonds. The van der Waals surface area contributed by atoms with Crippen LogP contribution >= 0.6 is 23.8 Å². The molecule has 1 aliphatic rings. The third-order valence-corrected chi connectivity index (χ3v) is 5.11. The average Bonchev–Trinajstić information content (AvgIpc) is 3.10. The van der Waals surface area contributed by atoms with Gasteiger partial charge in [-0.1, -0.05) is 54.8 Å². The molecule has 1 aliphatic carbocycles. The molecular weight excluding hydrogens is 343 g/mol. The molecule has 1 N–H and O–H groups in total. The Kier molecular flexibility index (Phi) is 5.69.